The highest BCUT2D eigenvalue weighted by Gasteiger charge is 2.28. The van der Waals surface area contributed by atoms with E-state index in [1.165, 1.54) is 89.9 Å². The van der Waals surface area contributed by atoms with Crippen LogP contribution in [0.5, 0.6) is 0 Å². The van der Waals surface area contributed by atoms with Crippen molar-refractivity contribution in [1.82, 2.24) is 0 Å². The summed E-state index contributed by atoms with van der Waals surface area (Å²) in [5.41, 5.74) is 3.31. The molecular weight excluding hydrogens is 388 g/mol. The first-order chi connectivity index (χ1) is 14.1. The Morgan fingerprint density at radius 3 is 1.97 bits per heavy atom. The Balaban J connectivity index is 1.86. The Labute approximate surface area is 189 Å². The van der Waals surface area contributed by atoms with Crippen molar-refractivity contribution in [2.45, 2.75) is 123 Å². The Bertz CT molecular complexity index is 662. The third-order valence-electron chi connectivity index (χ3n) is 6.20. The fourth-order valence-corrected chi connectivity index (χ4v) is 6.47. The van der Waals surface area contributed by atoms with E-state index in [1.807, 2.05) is 22.7 Å². The van der Waals surface area contributed by atoms with Crippen LogP contribution in [0.2, 0.25) is 0 Å². The van der Waals surface area contributed by atoms with E-state index in [0.717, 1.165) is 0 Å². The predicted octanol–water partition coefficient (Wildman–Crippen LogP) is 9.94. The molecule has 0 atom stereocenters. The molecule has 2 aromatic rings. The maximum atomic E-state index is 2.50. The van der Waals surface area contributed by atoms with Crippen LogP contribution in [0.3, 0.4) is 0 Å². The van der Waals surface area contributed by atoms with E-state index in [2.05, 4.69) is 50.6 Å². The van der Waals surface area contributed by atoms with Gasteiger partial charge in [-0.15, -0.1) is 22.7 Å². The van der Waals surface area contributed by atoms with Gasteiger partial charge in [-0.05, 0) is 59.7 Å². The molecule has 2 rings (SSSR count). The highest BCUT2D eigenvalue weighted by Crippen LogP contribution is 2.40. The summed E-state index contributed by atoms with van der Waals surface area (Å²) in [6.45, 7) is 9.46. The van der Waals surface area contributed by atoms with Crippen molar-refractivity contribution in [2.24, 2.45) is 0 Å². The van der Waals surface area contributed by atoms with Crippen LogP contribution >= 0.6 is 22.7 Å². The van der Waals surface area contributed by atoms with Gasteiger partial charge in [-0.2, -0.15) is 0 Å². The fourth-order valence-electron chi connectivity index (χ4n) is 4.23. The van der Waals surface area contributed by atoms with Crippen LogP contribution in [0.25, 0.3) is 0 Å². The molecule has 0 fully saturated rings. The summed E-state index contributed by atoms with van der Waals surface area (Å²) in [4.78, 5) is 3.14. The average molecular weight is 433 g/mol. The molecule has 0 aliphatic heterocycles. The zero-order valence-electron chi connectivity index (χ0n) is 19.5. The summed E-state index contributed by atoms with van der Waals surface area (Å²) in [5.74, 6) is 0. The van der Waals surface area contributed by atoms with Crippen LogP contribution in [-0.2, 0) is 18.3 Å². The molecule has 0 nitrogen and oxygen atoms in total. The van der Waals surface area contributed by atoms with Crippen molar-refractivity contribution in [1.29, 1.82) is 0 Å². The second-order valence-corrected chi connectivity index (χ2v) is 11.1. The Hall–Kier alpha value is -0.600. The van der Waals surface area contributed by atoms with E-state index in [-0.39, 0.29) is 5.41 Å². The van der Waals surface area contributed by atoms with E-state index >= 15 is 0 Å². The third kappa shape index (κ3) is 8.21. The monoisotopic (exact) mass is 432 g/mol. The number of unbranched alkanes of at least 4 members (excludes halogenated alkanes) is 10. The van der Waals surface area contributed by atoms with E-state index in [1.54, 1.807) is 20.9 Å². The van der Waals surface area contributed by atoms with Crippen LogP contribution in [0.1, 0.15) is 126 Å². The molecule has 0 amide bonds. The van der Waals surface area contributed by atoms with E-state index in [4.69, 9.17) is 0 Å². The summed E-state index contributed by atoms with van der Waals surface area (Å²) < 4.78 is 0. The lowest BCUT2D eigenvalue weighted by Crippen LogP contribution is -2.17. The van der Waals surface area contributed by atoms with Crippen molar-refractivity contribution in [3.05, 3.63) is 43.8 Å². The first kappa shape index (κ1) is 24.7. The van der Waals surface area contributed by atoms with Crippen LogP contribution in [0.15, 0.2) is 22.9 Å². The summed E-state index contributed by atoms with van der Waals surface area (Å²) in [5, 5.41) is 4.73. The predicted molar refractivity (Wildman–Crippen MR) is 135 cm³/mol. The number of rotatable bonds is 16. The van der Waals surface area contributed by atoms with Gasteiger partial charge in [0.15, 0.2) is 0 Å². The van der Waals surface area contributed by atoms with E-state index in [9.17, 15) is 0 Å². The van der Waals surface area contributed by atoms with Gasteiger partial charge in [0, 0.05) is 15.2 Å². The highest BCUT2D eigenvalue weighted by molar-refractivity contribution is 7.12. The first-order valence-electron chi connectivity index (χ1n) is 12.2. The molecule has 0 bridgehead atoms. The quantitative estimate of drug-likeness (QED) is 0.231. The van der Waals surface area contributed by atoms with Crippen molar-refractivity contribution < 1.29 is 0 Å². The number of aryl methyl sites for hydroxylation is 2. The molecule has 0 unspecified atom stereocenters. The molecule has 0 aliphatic carbocycles. The summed E-state index contributed by atoms with van der Waals surface area (Å²) in [6, 6.07) is 4.89. The lowest BCUT2D eigenvalue weighted by Gasteiger charge is -2.24. The summed E-state index contributed by atoms with van der Waals surface area (Å²) >= 11 is 3.95. The van der Waals surface area contributed by atoms with Crippen molar-refractivity contribution in [3.63, 3.8) is 0 Å². The SMILES string of the molecule is CCCCCCCCc1csc(C(C)(C)c2sccc2CCCCCCCC)c1. The second-order valence-electron chi connectivity index (χ2n) is 9.25. The molecule has 29 heavy (non-hydrogen) atoms. The van der Waals surface area contributed by atoms with Gasteiger partial charge in [0.2, 0.25) is 0 Å². The molecule has 2 heteroatoms. The van der Waals surface area contributed by atoms with Gasteiger partial charge in [-0.25, -0.2) is 0 Å². The van der Waals surface area contributed by atoms with Gasteiger partial charge in [-0.3, -0.25) is 0 Å². The standard InChI is InChI=1S/C27H44S2/c1-5-7-9-11-13-15-17-23-21-25(29-22-23)27(3,4)26-24(19-20-28-26)18-16-14-12-10-8-6-2/h19-22H,5-18H2,1-4H3. The minimum absolute atomic E-state index is 0.149. The first-order valence-corrected chi connectivity index (χ1v) is 14.0. The van der Waals surface area contributed by atoms with Crippen LogP contribution in [0.4, 0.5) is 0 Å². The minimum atomic E-state index is 0.149. The van der Waals surface area contributed by atoms with Gasteiger partial charge >= 0.3 is 0 Å². The largest absolute Gasteiger partial charge is 0.148 e. The van der Waals surface area contributed by atoms with Gasteiger partial charge < -0.3 is 0 Å². The van der Waals surface area contributed by atoms with Crippen molar-refractivity contribution in [2.75, 3.05) is 0 Å². The van der Waals surface area contributed by atoms with Gasteiger partial charge in [0.1, 0.15) is 0 Å². The highest BCUT2D eigenvalue weighted by atomic mass is 32.1. The third-order valence-corrected chi connectivity index (χ3v) is 8.79. The topological polar surface area (TPSA) is 0 Å². The molecule has 0 saturated heterocycles. The Morgan fingerprint density at radius 1 is 0.724 bits per heavy atom. The lowest BCUT2D eigenvalue weighted by atomic mass is 9.85. The van der Waals surface area contributed by atoms with Crippen molar-refractivity contribution >= 4 is 22.7 Å². The summed E-state index contributed by atoms with van der Waals surface area (Å²) in [7, 11) is 0. The second kappa shape index (κ2) is 13.7. The Morgan fingerprint density at radius 2 is 1.31 bits per heavy atom. The molecule has 2 aromatic heterocycles. The zero-order chi connectivity index (χ0) is 21.0. The van der Waals surface area contributed by atoms with Crippen molar-refractivity contribution in [3.8, 4) is 0 Å². The minimum Gasteiger partial charge on any atom is -0.148 e. The van der Waals surface area contributed by atoms with Crippen LogP contribution in [0, 0.1) is 0 Å². The fraction of sp³-hybridized carbons (Fsp3) is 0.704. The zero-order valence-corrected chi connectivity index (χ0v) is 21.2. The molecule has 0 saturated carbocycles. The van der Waals surface area contributed by atoms with E-state index < -0.39 is 0 Å². The molecule has 164 valence electrons. The number of hydrogen-bond acceptors (Lipinski definition) is 2. The maximum Gasteiger partial charge on any atom is 0.0336 e. The lowest BCUT2D eigenvalue weighted by molar-refractivity contribution is 0.601. The maximum absolute atomic E-state index is 2.50. The normalized spacial score (nSPS) is 12.0. The molecule has 0 radical (unpaired) electrons. The molecule has 0 aromatic carbocycles. The van der Waals surface area contributed by atoms with Gasteiger partial charge in [-0.1, -0.05) is 91.9 Å². The number of hydrogen-bond donors (Lipinski definition) is 0. The summed E-state index contributed by atoms with van der Waals surface area (Å²) in [6.07, 6.45) is 19.1. The molecular formula is C27H44S2. The molecule has 2 heterocycles. The van der Waals surface area contributed by atoms with Gasteiger partial charge in [0.25, 0.3) is 0 Å². The van der Waals surface area contributed by atoms with E-state index in [0.29, 0.717) is 0 Å². The number of thiophene rings is 2. The Kier molecular flexibility index (Phi) is 11.6. The molecule has 0 aliphatic rings. The average Bonchev–Trinajstić information content (AvgIpc) is 3.37. The molecule has 0 N–H and O–H groups in total. The van der Waals surface area contributed by atoms with Crippen LogP contribution < -0.4 is 0 Å². The van der Waals surface area contributed by atoms with Crippen LogP contribution in [-0.4, -0.2) is 0 Å². The smallest absolute Gasteiger partial charge is 0.0336 e. The molecule has 0 spiro atoms. The van der Waals surface area contributed by atoms with Gasteiger partial charge in [0.05, 0.1) is 0 Å².